The highest BCUT2D eigenvalue weighted by atomic mass is 16.3. The molecule has 0 heterocycles. The summed E-state index contributed by atoms with van der Waals surface area (Å²) in [5, 5.41) is 9.58. The Hall–Kier alpha value is -1.15. The summed E-state index contributed by atoms with van der Waals surface area (Å²) in [6.07, 6.45) is 10.2. The second-order valence-electron chi connectivity index (χ2n) is 5.45. The van der Waals surface area contributed by atoms with Crippen LogP contribution in [0.5, 0.6) is 0 Å². The lowest BCUT2D eigenvalue weighted by Gasteiger charge is -2.24. The van der Waals surface area contributed by atoms with Crippen molar-refractivity contribution in [3.63, 3.8) is 0 Å². The lowest BCUT2D eigenvalue weighted by molar-refractivity contribution is -0.123. The average Bonchev–Trinajstić information content (AvgIpc) is 2.46. The number of hydrogen-bond acceptors (Lipinski definition) is 2. The molecule has 19 heavy (non-hydrogen) atoms. The van der Waals surface area contributed by atoms with Gasteiger partial charge in [-0.1, -0.05) is 30.7 Å². The van der Waals surface area contributed by atoms with E-state index < -0.39 is 0 Å². The van der Waals surface area contributed by atoms with Crippen molar-refractivity contribution in [2.75, 3.05) is 6.61 Å². The van der Waals surface area contributed by atoms with Gasteiger partial charge in [-0.3, -0.25) is 4.79 Å². The fourth-order valence-electron chi connectivity index (χ4n) is 2.72. The molecule has 0 amide bonds. The molecule has 1 N–H and O–H groups in total. The van der Waals surface area contributed by atoms with Crippen LogP contribution in [0.15, 0.2) is 36.0 Å². The number of ketones is 1. The van der Waals surface area contributed by atoms with Crippen molar-refractivity contribution in [3.05, 3.63) is 36.0 Å². The molecular formula is C17H26O2. The fourth-order valence-corrected chi connectivity index (χ4v) is 2.72. The molecule has 0 bridgehead atoms. The molecule has 1 rings (SSSR count). The molecule has 1 aliphatic carbocycles. The molecule has 0 aliphatic heterocycles. The van der Waals surface area contributed by atoms with Gasteiger partial charge < -0.3 is 5.11 Å². The van der Waals surface area contributed by atoms with Crippen LogP contribution in [0.2, 0.25) is 0 Å². The molecule has 0 radical (unpaired) electrons. The van der Waals surface area contributed by atoms with Gasteiger partial charge in [-0.15, -0.1) is 6.58 Å². The Morgan fingerprint density at radius 2 is 2.26 bits per heavy atom. The van der Waals surface area contributed by atoms with E-state index in [-0.39, 0.29) is 18.4 Å². The van der Waals surface area contributed by atoms with Gasteiger partial charge in [0.2, 0.25) is 0 Å². The molecule has 2 nitrogen and oxygen atoms in total. The zero-order valence-corrected chi connectivity index (χ0v) is 12.2. The molecule has 0 saturated carbocycles. The normalized spacial score (nSPS) is 26.2. The van der Waals surface area contributed by atoms with E-state index in [1.807, 2.05) is 19.1 Å². The smallest absolute Gasteiger partial charge is 0.136 e. The summed E-state index contributed by atoms with van der Waals surface area (Å²) in [7, 11) is 0. The van der Waals surface area contributed by atoms with Gasteiger partial charge in [-0.25, -0.2) is 0 Å². The van der Waals surface area contributed by atoms with Gasteiger partial charge in [0.05, 0.1) is 6.61 Å². The van der Waals surface area contributed by atoms with Gasteiger partial charge in [0, 0.05) is 12.3 Å². The monoisotopic (exact) mass is 262 g/mol. The summed E-state index contributed by atoms with van der Waals surface area (Å²) in [4.78, 5) is 12.2. The molecule has 1 unspecified atom stereocenters. The first-order valence-corrected chi connectivity index (χ1v) is 7.19. The zero-order valence-electron chi connectivity index (χ0n) is 12.2. The second kappa shape index (κ2) is 8.11. The molecule has 2 atom stereocenters. The highest BCUT2D eigenvalue weighted by Crippen LogP contribution is 2.30. The summed E-state index contributed by atoms with van der Waals surface area (Å²) in [5.74, 6) is 0.482. The Morgan fingerprint density at radius 3 is 2.89 bits per heavy atom. The number of carbonyl (C=O) groups is 1. The molecular weight excluding hydrogens is 236 g/mol. The molecule has 0 aromatic carbocycles. The second-order valence-corrected chi connectivity index (χ2v) is 5.45. The van der Waals surface area contributed by atoms with Crippen molar-refractivity contribution in [3.8, 4) is 0 Å². The van der Waals surface area contributed by atoms with Crippen molar-refractivity contribution in [2.24, 2.45) is 11.8 Å². The SMILES string of the molecule is C=CCC=C(CO)[C@H]1CCC(C)=CCCC(=O)C1C. The van der Waals surface area contributed by atoms with Crippen LogP contribution in [-0.4, -0.2) is 17.5 Å². The minimum absolute atomic E-state index is 0.00233. The Labute approximate surface area is 116 Å². The summed E-state index contributed by atoms with van der Waals surface area (Å²) in [5.41, 5.74) is 2.35. The number of rotatable bonds is 4. The summed E-state index contributed by atoms with van der Waals surface area (Å²) in [6, 6.07) is 0. The van der Waals surface area contributed by atoms with E-state index in [1.165, 1.54) is 5.57 Å². The van der Waals surface area contributed by atoms with Crippen LogP contribution in [0.1, 0.15) is 46.0 Å². The van der Waals surface area contributed by atoms with E-state index in [2.05, 4.69) is 19.6 Å². The third kappa shape index (κ3) is 4.79. The van der Waals surface area contributed by atoms with Crippen molar-refractivity contribution < 1.29 is 9.90 Å². The number of allylic oxidation sites excluding steroid dienone is 4. The Morgan fingerprint density at radius 1 is 1.53 bits per heavy atom. The first kappa shape index (κ1) is 15.9. The molecule has 1 aliphatic rings. The van der Waals surface area contributed by atoms with Gasteiger partial charge >= 0.3 is 0 Å². The average molecular weight is 262 g/mol. The Kier molecular flexibility index (Phi) is 6.79. The number of carbonyl (C=O) groups excluding carboxylic acids is 1. The van der Waals surface area contributed by atoms with Crippen LogP contribution in [-0.2, 0) is 4.79 Å². The molecule has 0 spiro atoms. The maximum absolute atomic E-state index is 12.2. The summed E-state index contributed by atoms with van der Waals surface area (Å²) in [6.45, 7) is 7.88. The van der Waals surface area contributed by atoms with Gasteiger partial charge in [0.25, 0.3) is 0 Å². The maximum atomic E-state index is 12.2. The molecule has 0 aromatic heterocycles. The standard InChI is InChI=1S/C17H26O2/c1-4-5-8-15(12-18)16-11-10-13(2)7-6-9-17(19)14(16)3/h4,7-8,14,16,18H,1,5-6,9-12H2,2-3H3/t14?,16-/m0/s1. The van der Waals surface area contributed by atoms with E-state index in [4.69, 9.17) is 0 Å². The summed E-state index contributed by atoms with van der Waals surface area (Å²) < 4.78 is 0. The highest BCUT2D eigenvalue weighted by Gasteiger charge is 2.26. The number of aliphatic hydroxyl groups excluding tert-OH is 1. The van der Waals surface area contributed by atoms with Crippen molar-refractivity contribution in [1.29, 1.82) is 0 Å². The third-order valence-corrected chi connectivity index (χ3v) is 4.05. The predicted molar refractivity (Wildman–Crippen MR) is 79.9 cm³/mol. The van der Waals surface area contributed by atoms with E-state index >= 15 is 0 Å². The van der Waals surface area contributed by atoms with Gasteiger partial charge in [-0.2, -0.15) is 0 Å². The molecule has 0 saturated heterocycles. The predicted octanol–water partition coefficient (Wildman–Crippen LogP) is 3.82. The lowest BCUT2D eigenvalue weighted by atomic mass is 9.80. The van der Waals surface area contributed by atoms with Crippen LogP contribution in [0, 0.1) is 11.8 Å². The van der Waals surface area contributed by atoms with Crippen LogP contribution < -0.4 is 0 Å². The van der Waals surface area contributed by atoms with Crippen molar-refractivity contribution >= 4 is 5.78 Å². The fraction of sp³-hybridized carbons (Fsp3) is 0.588. The van der Waals surface area contributed by atoms with E-state index in [0.29, 0.717) is 12.2 Å². The maximum Gasteiger partial charge on any atom is 0.136 e. The van der Waals surface area contributed by atoms with Crippen molar-refractivity contribution in [1.82, 2.24) is 0 Å². The van der Waals surface area contributed by atoms with Gasteiger partial charge in [-0.05, 0) is 44.1 Å². The number of aliphatic hydroxyl groups is 1. The first-order chi connectivity index (χ1) is 9.10. The quantitative estimate of drug-likeness (QED) is 0.782. The van der Waals surface area contributed by atoms with Crippen LogP contribution >= 0.6 is 0 Å². The topological polar surface area (TPSA) is 37.3 Å². The zero-order chi connectivity index (χ0) is 14.3. The van der Waals surface area contributed by atoms with Gasteiger partial charge in [0.1, 0.15) is 5.78 Å². The molecule has 2 heteroatoms. The minimum atomic E-state index is 0.00233. The van der Waals surface area contributed by atoms with E-state index in [0.717, 1.165) is 31.3 Å². The molecule has 0 aromatic rings. The molecule has 106 valence electrons. The van der Waals surface area contributed by atoms with Crippen LogP contribution in [0.25, 0.3) is 0 Å². The van der Waals surface area contributed by atoms with Crippen molar-refractivity contribution in [2.45, 2.75) is 46.0 Å². The lowest BCUT2D eigenvalue weighted by Crippen LogP contribution is -2.24. The number of Topliss-reactive ketones (excluding diaryl/α,β-unsaturated/α-hetero) is 1. The Balaban J connectivity index is 2.94. The number of hydrogen-bond donors (Lipinski definition) is 1. The minimum Gasteiger partial charge on any atom is -0.392 e. The third-order valence-electron chi connectivity index (χ3n) is 4.05. The first-order valence-electron chi connectivity index (χ1n) is 7.19. The van der Waals surface area contributed by atoms with Crippen LogP contribution in [0.3, 0.4) is 0 Å². The van der Waals surface area contributed by atoms with Gasteiger partial charge in [0.15, 0.2) is 0 Å². The van der Waals surface area contributed by atoms with Crippen LogP contribution in [0.4, 0.5) is 0 Å². The highest BCUT2D eigenvalue weighted by molar-refractivity contribution is 5.81. The largest absolute Gasteiger partial charge is 0.392 e. The molecule has 0 fully saturated rings. The Bertz CT molecular complexity index is 377. The van der Waals surface area contributed by atoms with E-state index in [1.54, 1.807) is 0 Å². The van der Waals surface area contributed by atoms with E-state index in [9.17, 15) is 9.90 Å². The summed E-state index contributed by atoms with van der Waals surface area (Å²) >= 11 is 0.